The molecule has 0 spiro atoms. The normalized spacial score (nSPS) is 16.7. The maximum absolute atomic E-state index is 12.5. The van der Waals surface area contributed by atoms with Crippen molar-refractivity contribution in [2.24, 2.45) is 5.92 Å². The van der Waals surface area contributed by atoms with E-state index < -0.39 is 12.6 Å². The first-order valence-electron chi connectivity index (χ1n) is 8.27. The van der Waals surface area contributed by atoms with Crippen LogP contribution in [0.5, 0.6) is 5.75 Å². The van der Waals surface area contributed by atoms with Crippen molar-refractivity contribution in [1.82, 2.24) is 10.2 Å². The summed E-state index contributed by atoms with van der Waals surface area (Å²) in [7, 11) is 0. The number of likely N-dealkylation sites (tertiary alicyclic amines) is 1. The van der Waals surface area contributed by atoms with Crippen LogP contribution in [0.25, 0.3) is 0 Å². The van der Waals surface area contributed by atoms with Crippen LogP contribution in [0.15, 0.2) is 18.2 Å². The number of nitriles is 1. The number of carbonyl (C=O) groups excluding carboxylic acids is 2. The van der Waals surface area contributed by atoms with Crippen LogP contribution in [0, 0.1) is 17.2 Å². The summed E-state index contributed by atoms with van der Waals surface area (Å²) in [6.07, 6.45) is 1.34. The number of urea groups is 1. The third-order valence-electron chi connectivity index (χ3n) is 4.00. The van der Waals surface area contributed by atoms with Crippen molar-refractivity contribution in [2.75, 3.05) is 25.0 Å². The smallest absolute Gasteiger partial charge is 0.387 e. The monoisotopic (exact) mass is 366 g/mol. The number of hydrogen-bond donors (Lipinski definition) is 2. The number of ether oxygens (including phenoxy) is 1. The second-order valence-corrected chi connectivity index (χ2v) is 5.81. The molecule has 2 rings (SSSR count). The van der Waals surface area contributed by atoms with Crippen molar-refractivity contribution in [1.29, 1.82) is 5.26 Å². The number of halogens is 2. The second kappa shape index (κ2) is 8.99. The maximum atomic E-state index is 12.5. The first-order valence-corrected chi connectivity index (χ1v) is 8.27. The van der Waals surface area contributed by atoms with E-state index in [9.17, 15) is 18.4 Å². The van der Waals surface area contributed by atoms with Gasteiger partial charge >= 0.3 is 12.6 Å². The van der Waals surface area contributed by atoms with E-state index in [-0.39, 0.29) is 35.4 Å². The first-order chi connectivity index (χ1) is 12.4. The Hall–Kier alpha value is -2.89. The van der Waals surface area contributed by atoms with Gasteiger partial charge in [0.2, 0.25) is 5.91 Å². The number of nitrogens with one attached hydrogen (secondary N) is 2. The van der Waals surface area contributed by atoms with E-state index in [1.165, 1.54) is 23.1 Å². The number of amides is 3. The predicted molar refractivity (Wildman–Crippen MR) is 89.8 cm³/mol. The van der Waals surface area contributed by atoms with Crippen molar-refractivity contribution in [3.63, 3.8) is 0 Å². The van der Waals surface area contributed by atoms with Gasteiger partial charge in [-0.15, -0.1) is 0 Å². The molecule has 0 aromatic heterocycles. The number of carbonyl (C=O) groups is 2. The molecule has 1 fully saturated rings. The highest BCUT2D eigenvalue weighted by Crippen LogP contribution is 2.28. The topological polar surface area (TPSA) is 94.5 Å². The summed E-state index contributed by atoms with van der Waals surface area (Å²) in [5, 5.41) is 14.2. The van der Waals surface area contributed by atoms with Crippen LogP contribution in [0.3, 0.4) is 0 Å². The summed E-state index contributed by atoms with van der Waals surface area (Å²) in [4.78, 5) is 25.9. The summed E-state index contributed by atoms with van der Waals surface area (Å²) in [5.41, 5.74) is 0.176. The molecule has 0 aliphatic carbocycles. The summed E-state index contributed by atoms with van der Waals surface area (Å²) in [6, 6.07) is 5.13. The van der Waals surface area contributed by atoms with Crippen molar-refractivity contribution >= 4 is 17.6 Å². The lowest BCUT2D eigenvalue weighted by molar-refractivity contribution is -0.126. The summed E-state index contributed by atoms with van der Waals surface area (Å²) in [6.45, 7) is -0.0456. The molecule has 140 valence electrons. The Morgan fingerprint density at radius 1 is 1.46 bits per heavy atom. The van der Waals surface area contributed by atoms with E-state index in [1.807, 2.05) is 13.0 Å². The molecule has 1 aliphatic heterocycles. The molecule has 1 aromatic rings. The second-order valence-electron chi connectivity index (χ2n) is 5.81. The molecule has 2 N–H and O–H groups in total. The Kier molecular flexibility index (Phi) is 6.72. The van der Waals surface area contributed by atoms with Gasteiger partial charge in [0.1, 0.15) is 5.75 Å². The molecule has 1 saturated heterocycles. The van der Waals surface area contributed by atoms with Gasteiger partial charge in [-0.1, -0.05) is 0 Å². The Bertz CT molecular complexity index is 706. The van der Waals surface area contributed by atoms with Gasteiger partial charge in [0, 0.05) is 19.6 Å². The third kappa shape index (κ3) is 5.05. The quantitative estimate of drug-likeness (QED) is 0.837. The number of benzene rings is 1. The van der Waals surface area contributed by atoms with Crippen LogP contribution in [0.2, 0.25) is 0 Å². The molecular weight excluding hydrogens is 346 g/mol. The van der Waals surface area contributed by atoms with Crippen molar-refractivity contribution in [2.45, 2.75) is 26.4 Å². The van der Waals surface area contributed by atoms with Gasteiger partial charge in [-0.05, 0) is 38.0 Å². The summed E-state index contributed by atoms with van der Waals surface area (Å²) >= 11 is 0. The molecular formula is C17H20F2N4O3. The number of rotatable bonds is 5. The van der Waals surface area contributed by atoms with E-state index in [1.54, 1.807) is 0 Å². The Morgan fingerprint density at radius 2 is 2.23 bits per heavy atom. The number of nitrogens with zero attached hydrogens (tertiary/aromatic N) is 2. The fraction of sp³-hybridized carbons (Fsp3) is 0.471. The zero-order chi connectivity index (χ0) is 19.1. The Balaban J connectivity index is 2.11. The standard InChI is InChI=1S/C17H20F2N4O3/c1-2-21-15(24)12-4-3-7-23(10-12)17(25)22-13-8-11(9-20)5-6-14(13)26-16(18)19/h5-6,8,12,16H,2-4,7,10H2,1H3,(H,21,24)(H,22,25)/t12-/m0/s1. The molecule has 1 atom stereocenters. The first kappa shape index (κ1) is 19.4. The van der Waals surface area contributed by atoms with Gasteiger partial charge in [0.25, 0.3) is 0 Å². The maximum Gasteiger partial charge on any atom is 0.387 e. The van der Waals surface area contributed by atoms with Crippen LogP contribution in [-0.4, -0.2) is 43.1 Å². The number of hydrogen-bond acceptors (Lipinski definition) is 4. The average molecular weight is 366 g/mol. The highest BCUT2D eigenvalue weighted by molar-refractivity contribution is 5.92. The molecule has 1 aromatic carbocycles. The molecule has 0 unspecified atom stereocenters. The molecule has 7 nitrogen and oxygen atoms in total. The predicted octanol–water partition coefficient (Wildman–Crippen LogP) is 2.54. The number of alkyl halides is 2. The minimum Gasteiger partial charge on any atom is -0.433 e. The molecule has 1 heterocycles. The summed E-state index contributed by atoms with van der Waals surface area (Å²) < 4.78 is 29.5. The van der Waals surface area contributed by atoms with Crippen molar-refractivity contribution in [3.05, 3.63) is 23.8 Å². The third-order valence-corrected chi connectivity index (χ3v) is 4.00. The van der Waals surface area contributed by atoms with Crippen LogP contribution < -0.4 is 15.4 Å². The summed E-state index contributed by atoms with van der Waals surface area (Å²) in [5.74, 6) is -0.653. The largest absolute Gasteiger partial charge is 0.433 e. The van der Waals surface area contributed by atoms with Gasteiger partial charge in [0.05, 0.1) is 23.2 Å². The van der Waals surface area contributed by atoms with Crippen LogP contribution in [0.1, 0.15) is 25.3 Å². The molecule has 0 saturated carbocycles. The number of piperidine rings is 1. The lowest BCUT2D eigenvalue weighted by Gasteiger charge is -2.32. The number of anilines is 1. The van der Waals surface area contributed by atoms with E-state index in [0.717, 1.165) is 0 Å². The van der Waals surface area contributed by atoms with E-state index in [2.05, 4.69) is 15.4 Å². The minimum absolute atomic E-state index is 0.0190. The molecule has 26 heavy (non-hydrogen) atoms. The van der Waals surface area contributed by atoms with Crippen molar-refractivity contribution in [3.8, 4) is 11.8 Å². The van der Waals surface area contributed by atoms with Gasteiger partial charge in [-0.2, -0.15) is 14.0 Å². The lowest BCUT2D eigenvalue weighted by atomic mass is 9.97. The van der Waals surface area contributed by atoms with Crippen LogP contribution >= 0.6 is 0 Å². The lowest BCUT2D eigenvalue weighted by Crippen LogP contribution is -2.46. The minimum atomic E-state index is -3.06. The zero-order valence-electron chi connectivity index (χ0n) is 14.3. The van der Waals surface area contributed by atoms with E-state index in [4.69, 9.17) is 5.26 Å². The van der Waals surface area contributed by atoms with Gasteiger partial charge in [0.15, 0.2) is 0 Å². The SMILES string of the molecule is CCNC(=O)[C@H]1CCCN(C(=O)Nc2cc(C#N)ccc2OC(F)F)C1. The molecule has 3 amide bonds. The van der Waals surface area contributed by atoms with E-state index >= 15 is 0 Å². The fourth-order valence-electron chi connectivity index (χ4n) is 2.78. The van der Waals surface area contributed by atoms with Gasteiger partial charge in [-0.3, -0.25) is 4.79 Å². The van der Waals surface area contributed by atoms with Crippen LogP contribution in [-0.2, 0) is 4.79 Å². The van der Waals surface area contributed by atoms with Gasteiger partial charge in [-0.25, -0.2) is 4.79 Å². The highest BCUT2D eigenvalue weighted by atomic mass is 19.3. The molecule has 9 heteroatoms. The van der Waals surface area contributed by atoms with Crippen LogP contribution in [0.4, 0.5) is 19.3 Å². The Labute approximate surface area is 149 Å². The highest BCUT2D eigenvalue weighted by Gasteiger charge is 2.28. The Morgan fingerprint density at radius 3 is 2.88 bits per heavy atom. The van der Waals surface area contributed by atoms with E-state index in [0.29, 0.717) is 25.9 Å². The molecule has 0 bridgehead atoms. The molecule has 1 aliphatic rings. The van der Waals surface area contributed by atoms with Gasteiger partial charge < -0.3 is 20.3 Å². The average Bonchev–Trinajstić information content (AvgIpc) is 2.63. The zero-order valence-corrected chi connectivity index (χ0v) is 14.3. The fourth-order valence-corrected chi connectivity index (χ4v) is 2.78. The van der Waals surface area contributed by atoms with Crippen molar-refractivity contribution < 1.29 is 23.1 Å². The molecule has 0 radical (unpaired) electrons.